The summed E-state index contributed by atoms with van der Waals surface area (Å²) in [6.07, 6.45) is 16.9. The quantitative estimate of drug-likeness (QED) is 0.157. The van der Waals surface area contributed by atoms with Crippen molar-refractivity contribution in [2.24, 2.45) is 0 Å². The highest BCUT2D eigenvalue weighted by Gasteiger charge is 2.29. The molecule has 8 nitrogen and oxygen atoms in total. The maximum atomic E-state index is 5.85. The molecule has 2 aliphatic heterocycles. The van der Waals surface area contributed by atoms with E-state index in [1.165, 1.54) is 24.2 Å². The van der Waals surface area contributed by atoms with Crippen molar-refractivity contribution in [3.05, 3.63) is 86.0 Å². The van der Waals surface area contributed by atoms with Crippen molar-refractivity contribution in [3.63, 3.8) is 0 Å². The Hall–Kier alpha value is -2.98. The molecule has 4 aromatic rings. The van der Waals surface area contributed by atoms with Crippen LogP contribution in [0.15, 0.2) is 86.0 Å². The van der Waals surface area contributed by atoms with Gasteiger partial charge in [-0.1, -0.05) is 0 Å². The minimum absolute atomic E-state index is 0. The number of anilines is 4. The number of nitrogens with two attached hydrogens (primary N) is 2. The Balaban J connectivity index is 0.00000176. The molecule has 0 aliphatic carbocycles. The van der Waals surface area contributed by atoms with Gasteiger partial charge in [0.25, 0.3) is 0 Å². The predicted octanol–water partition coefficient (Wildman–Crippen LogP) is -2.97. The van der Waals surface area contributed by atoms with E-state index in [2.05, 4.69) is 89.8 Å². The second-order valence-electron chi connectivity index (χ2n) is 10.5. The third-order valence-electron chi connectivity index (χ3n) is 7.94. The minimum atomic E-state index is 0. The Labute approximate surface area is 252 Å². The molecule has 0 amide bonds. The Kier molecular flexibility index (Phi) is 9.61. The van der Waals surface area contributed by atoms with Gasteiger partial charge in [0, 0.05) is 55.1 Å². The van der Waals surface area contributed by atoms with Crippen LogP contribution in [0, 0.1) is 0 Å². The Bertz CT molecular complexity index is 1220. The van der Waals surface area contributed by atoms with Gasteiger partial charge in [0.2, 0.25) is 12.7 Å². The average Bonchev–Trinajstić information content (AvgIpc) is 3.72. The highest BCUT2D eigenvalue weighted by molar-refractivity contribution is 5.54. The summed E-state index contributed by atoms with van der Waals surface area (Å²) in [5.74, 6) is 0. The molecule has 2 saturated heterocycles. The SMILES string of the molecule is Nc1ccc(N2CCC(n3cc[n+](CCC[n+]4ccn(C5CCN(c6ccc(N)cc6)C5)c4)c3)C2)cc1.[Br-].[Br-]. The first-order valence-electron chi connectivity index (χ1n) is 13.4. The molecule has 39 heavy (non-hydrogen) atoms. The molecular weight excluding hydrogens is 620 g/mol. The normalized spacial score (nSPS) is 18.7. The van der Waals surface area contributed by atoms with Gasteiger partial charge in [0.05, 0.1) is 26.2 Å². The number of halogens is 2. The molecule has 0 radical (unpaired) electrons. The fourth-order valence-electron chi connectivity index (χ4n) is 5.76. The molecule has 0 bridgehead atoms. The number of benzene rings is 2. The summed E-state index contributed by atoms with van der Waals surface area (Å²) in [4.78, 5) is 4.91. The lowest BCUT2D eigenvalue weighted by Gasteiger charge is -2.17. The van der Waals surface area contributed by atoms with E-state index in [4.69, 9.17) is 11.5 Å². The van der Waals surface area contributed by atoms with Gasteiger partial charge in [-0.3, -0.25) is 0 Å². The highest BCUT2D eigenvalue weighted by atomic mass is 79.9. The van der Waals surface area contributed by atoms with Crippen LogP contribution in [-0.2, 0) is 13.1 Å². The van der Waals surface area contributed by atoms with Gasteiger partial charge in [-0.25, -0.2) is 18.3 Å². The van der Waals surface area contributed by atoms with Gasteiger partial charge in [-0.05, 0) is 48.5 Å². The van der Waals surface area contributed by atoms with E-state index in [1.54, 1.807) is 0 Å². The molecule has 2 fully saturated rings. The first-order valence-corrected chi connectivity index (χ1v) is 13.4. The molecule has 2 atom stereocenters. The van der Waals surface area contributed by atoms with E-state index in [-0.39, 0.29) is 34.0 Å². The van der Waals surface area contributed by atoms with E-state index in [9.17, 15) is 0 Å². The van der Waals surface area contributed by atoms with E-state index < -0.39 is 0 Å². The lowest BCUT2D eigenvalue weighted by Crippen LogP contribution is -3.00. The number of nitrogen functional groups attached to an aromatic ring is 2. The minimum Gasteiger partial charge on any atom is -1.00 e. The van der Waals surface area contributed by atoms with E-state index in [1.807, 2.05) is 24.3 Å². The van der Waals surface area contributed by atoms with Crippen LogP contribution in [0.2, 0.25) is 0 Å². The van der Waals surface area contributed by atoms with Gasteiger partial charge < -0.3 is 55.2 Å². The molecular formula is C29H38Br2N8. The van der Waals surface area contributed by atoms with E-state index in [0.717, 1.165) is 57.1 Å². The largest absolute Gasteiger partial charge is 1.00 e. The van der Waals surface area contributed by atoms with E-state index >= 15 is 0 Å². The van der Waals surface area contributed by atoms with Crippen LogP contribution in [0.5, 0.6) is 0 Å². The second kappa shape index (κ2) is 12.9. The fourth-order valence-corrected chi connectivity index (χ4v) is 5.76. The fraction of sp³-hybridized carbons (Fsp3) is 0.379. The Morgan fingerprint density at radius 1 is 0.641 bits per heavy atom. The molecule has 10 heteroatoms. The van der Waals surface area contributed by atoms with Crippen LogP contribution in [0.4, 0.5) is 22.7 Å². The number of nitrogens with zero attached hydrogens (tertiary/aromatic N) is 6. The Morgan fingerprint density at radius 3 is 1.46 bits per heavy atom. The molecule has 2 aliphatic rings. The number of hydrogen-bond donors (Lipinski definition) is 2. The zero-order chi connectivity index (χ0) is 25.2. The van der Waals surface area contributed by atoms with Gasteiger partial charge in [-0.15, -0.1) is 0 Å². The monoisotopic (exact) mass is 656 g/mol. The first-order chi connectivity index (χ1) is 18.1. The van der Waals surface area contributed by atoms with Gasteiger partial charge in [0.15, 0.2) is 0 Å². The standard InChI is InChI=1S/C29H38N8.2BrH/c30-24-2-6-26(7-3-24)34-14-10-28(20-34)36-18-16-32(22-36)12-1-13-33-17-19-37(23-33)29-11-15-35(21-29)27-8-4-25(31)5-9-27;;/h2-9,16-19,22-23,28-29H,1,10-15,20-21,30-31H2;2*1H/q+2;;/p-2. The van der Waals surface area contributed by atoms with E-state index in [0.29, 0.717) is 12.1 Å². The maximum absolute atomic E-state index is 5.85. The molecule has 4 heterocycles. The summed E-state index contributed by atoms with van der Waals surface area (Å²) < 4.78 is 9.41. The number of imidazole rings is 2. The van der Waals surface area contributed by atoms with Crippen LogP contribution in [0.1, 0.15) is 31.3 Å². The third kappa shape index (κ3) is 6.78. The molecule has 2 aromatic carbocycles. The van der Waals surface area contributed by atoms with Crippen molar-refractivity contribution in [2.75, 3.05) is 47.4 Å². The lowest BCUT2D eigenvalue weighted by molar-refractivity contribution is -0.726. The maximum Gasteiger partial charge on any atom is 0.244 e. The molecule has 2 aromatic heterocycles. The van der Waals surface area contributed by atoms with Crippen molar-refractivity contribution in [2.45, 2.75) is 44.4 Å². The molecule has 2 unspecified atom stereocenters. The molecule has 0 saturated carbocycles. The molecule has 6 rings (SSSR count). The summed E-state index contributed by atoms with van der Waals surface area (Å²) in [5, 5.41) is 0. The summed E-state index contributed by atoms with van der Waals surface area (Å²) in [6.45, 7) is 6.29. The van der Waals surface area contributed by atoms with Crippen LogP contribution in [-0.4, -0.2) is 35.3 Å². The van der Waals surface area contributed by atoms with Crippen molar-refractivity contribution in [1.29, 1.82) is 0 Å². The number of rotatable bonds is 8. The summed E-state index contributed by atoms with van der Waals surface area (Å²) in [6, 6.07) is 17.5. The van der Waals surface area contributed by atoms with Crippen LogP contribution in [0.3, 0.4) is 0 Å². The smallest absolute Gasteiger partial charge is 0.244 e. The van der Waals surface area contributed by atoms with Crippen molar-refractivity contribution >= 4 is 22.7 Å². The second-order valence-corrected chi connectivity index (χ2v) is 10.5. The third-order valence-corrected chi connectivity index (χ3v) is 7.94. The van der Waals surface area contributed by atoms with Gasteiger partial charge >= 0.3 is 0 Å². The number of aromatic nitrogens is 4. The van der Waals surface area contributed by atoms with Crippen molar-refractivity contribution in [3.8, 4) is 0 Å². The lowest BCUT2D eigenvalue weighted by atomic mass is 10.2. The Morgan fingerprint density at radius 2 is 1.05 bits per heavy atom. The summed E-state index contributed by atoms with van der Waals surface area (Å²) in [5.41, 5.74) is 15.9. The average molecular weight is 658 g/mol. The number of hydrogen-bond acceptors (Lipinski definition) is 4. The molecule has 0 spiro atoms. The molecule has 208 valence electrons. The van der Waals surface area contributed by atoms with Crippen molar-refractivity contribution in [1.82, 2.24) is 9.13 Å². The highest BCUT2D eigenvalue weighted by Crippen LogP contribution is 2.28. The zero-order valence-electron chi connectivity index (χ0n) is 22.2. The summed E-state index contributed by atoms with van der Waals surface area (Å²) >= 11 is 0. The van der Waals surface area contributed by atoms with Crippen LogP contribution >= 0.6 is 0 Å². The van der Waals surface area contributed by atoms with Gasteiger partial charge in [-0.2, -0.15) is 0 Å². The van der Waals surface area contributed by atoms with Crippen LogP contribution in [0.25, 0.3) is 0 Å². The topological polar surface area (TPSA) is 76.1 Å². The molecule has 4 N–H and O–H groups in total. The predicted molar refractivity (Wildman–Crippen MR) is 147 cm³/mol. The number of aryl methyl sites for hydroxylation is 2. The van der Waals surface area contributed by atoms with Gasteiger partial charge in [0.1, 0.15) is 36.9 Å². The van der Waals surface area contributed by atoms with Crippen molar-refractivity contribution < 1.29 is 43.1 Å². The first kappa shape index (κ1) is 29.0. The van der Waals surface area contributed by atoms with Crippen LogP contribution < -0.4 is 64.4 Å². The zero-order valence-corrected chi connectivity index (χ0v) is 25.4. The summed E-state index contributed by atoms with van der Waals surface area (Å²) in [7, 11) is 0.